The van der Waals surface area contributed by atoms with Gasteiger partial charge in [-0.1, -0.05) is 24.3 Å². The first kappa shape index (κ1) is 22.7. The molecule has 0 aliphatic heterocycles. The Kier molecular flexibility index (Phi) is 7.38. The molecular formula is C21H22N4O4S. The number of nitro groups is 1. The van der Waals surface area contributed by atoms with Crippen molar-refractivity contribution in [2.75, 3.05) is 5.32 Å². The van der Waals surface area contributed by atoms with Crippen molar-refractivity contribution in [2.24, 2.45) is 0 Å². The lowest BCUT2D eigenvalue weighted by Gasteiger charge is -2.21. The van der Waals surface area contributed by atoms with Crippen LogP contribution in [0, 0.1) is 10.1 Å². The summed E-state index contributed by atoms with van der Waals surface area (Å²) in [7, 11) is 0. The summed E-state index contributed by atoms with van der Waals surface area (Å²) >= 11 is 5.16. The number of benzene rings is 2. The number of thiocarbonyl (C=S) groups is 1. The van der Waals surface area contributed by atoms with Crippen molar-refractivity contribution < 1.29 is 14.5 Å². The normalized spacial score (nSPS) is 11.0. The van der Waals surface area contributed by atoms with Crippen LogP contribution in [0.15, 0.2) is 54.6 Å². The maximum absolute atomic E-state index is 12.5. The number of non-ortho nitro benzene ring substituents is 1. The van der Waals surface area contributed by atoms with Gasteiger partial charge in [-0.05, 0) is 56.8 Å². The van der Waals surface area contributed by atoms with Gasteiger partial charge in [-0.3, -0.25) is 25.0 Å². The van der Waals surface area contributed by atoms with Gasteiger partial charge in [0.1, 0.15) is 0 Å². The fourth-order valence-electron chi connectivity index (χ4n) is 2.42. The van der Waals surface area contributed by atoms with Crippen LogP contribution >= 0.6 is 12.2 Å². The van der Waals surface area contributed by atoms with Crippen molar-refractivity contribution in [3.8, 4) is 0 Å². The lowest BCUT2D eigenvalue weighted by Crippen LogP contribution is -2.41. The Bertz CT molecular complexity index is 1010. The van der Waals surface area contributed by atoms with Crippen LogP contribution in [0.25, 0.3) is 6.08 Å². The maximum Gasteiger partial charge on any atom is 0.270 e. The minimum atomic E-state index is -0.518. The van der Waals surface area contributed by atoms with Gasteiger partial charge in [0.05, 0.1) is 16.2 Å². The highest BCUT2D eigenvalue weighted by molar-refractivity contribution is 7.80. The summed E-state index contributed by atoms with van der Waals surface area (Å²) in [6, 6.07) is 12.7. The first-order valence-corrected chi connectivity index (χ1v) is 9.42. The summed E-state index contributed by atoms with van der Waals surface area (Å²) in [6.07, 6.45) is 2.65. The molecule has 2 rings (SSSR count). The van der Waals surface area contributed by atoms with Crippen molar-refractivity contribution in [3.63, 3.8) is 0 Å². The van der Waals surface area contributed by atoms with E-state index in [1.807, 2.05) is 20.8 Å². The molecule has 0 saturated carbocycles. The molecule has 156 valence electrons. The van der Waals surface area contributed by atoms with Gasteiger partial charge >= 0.3 is 0 Å². The monoisotopic (exact) mass is 426 g/mol. The van der Waals surface area contributed by atoms with E-state index in [0.29, 0.717) is 16.8 Å². The van der Waals surface area contributed by atoms with Crippen LogP contribution in [-0.2, 0) is 4.79 Å². The second-order valence-electron chi connectivity index (χ2n) is 7.38. The van der Waals surface area contributed by atoms with Gasteiger partial charge in [-0.2, -0.15) is 0 Å². The van der Waals surface area contributed by atoms with Crippen LogP contribution in [0.3, 0.4) is 0 Å². The van der Waals surface area contributed by atoms with E-state index in [-0.39, 0.29) is 16.7 Å². The standard InChI is InChI=1S/C21H22N4O4S/c1-21(2,3)24-19(27)16-9-4-5-10-17(16)22-20(30)23-18(26)12-11-14-7-6-8-15(13-14)25(28)29/h4-13H,1-3H3,(H,24,27)(H2,22,23,26,30)/b12-11+. The van der Waals surface area contributed by atoms with E-state index < -0.39 is 16.4 Å². The predicted octanol–water partition coefficient (Wildman–Crippen LogP) is 3.65. The van der Waals surface area contributed by atoms with Crippen molar-refractivity contribution in [3.05, 3.63) is 75.8 Å². The van der Waals surface area contributed by atoms with Crippen LogP contribution in [0.4, 0.5) is 11.4 Å². The lowest BCUT2D eigenvalue weighted by atomic mass is 10.1. The van der Waals surface area contributed by atoms with Gasteiger partial charge in [-0.25, -0.2) is 0 Å². The second-order valence-corrected chi connectivity index (χ2v) is 7.79. The third-order valence-corrected chi connectivity index (χ3v) is 3.86. The molecule has 0 fully saturated rings. The SMILES string of the molecule is CC(C)(C)NC(=O)c1ccccc1NC(=S)NC(=O)/C=C/c1cccc([N+](=O)[O-])c1. The predicted molar refractivity (Wildman–Crippen MR) is 120 cm³/mol. The third kappa shape index (κ3) is 7.10. The number of hydrogen-bond acceptors (Lipinski definition) is 5. The summed E-state index contributed by atoms with van der Waals surface area (Å²) in [5, 5.41) is 19.0. The number of para-hydroxylation sites is 1. The van der Waals surface area contributed by atoms with Gasteiger partial charge in [0.15, 0.2) is 5.11 Å². The molecule has 3 N–H and O–H groups in total. The molecule has 2 aromatic rings. The quantitative estimate of drug-likeness (QED) is 0.291. The molecule has 0 spiro atoms. The number of nitro benzene ring substituents is 1. The molecule has 2 amide bonds. The Hall–Kier alpha value is -3.59. The number of nitrogens with one attached hydrogen (secondary N) is 3. The van der Waals surface area contributed by atoms with Gasteiger partial charge in [0.2, 0.25) is 5.91 Å². The average Bonchev–Trinajstić information content (AvgIpc) is 2.65. The molecule has 0 unspecified atom stereocenters. The molecule has 0 saturated heterocycles. The Morgan fingerprint density at radius 3 is 2.47 bits per heavy atom. The lowest BCUT2D eigenvalue weighted by molar-refractivity contribution is -0.384. The molecule has 0 heterocycles. The number of rotatable bonds is 5. The van der Waals surface area contributed by atoms with E-state index in [2.05, 4.69) is 16.0 Å². The minimum absolute atomic E-state index is 0.0136. The zero-order valence-electron chi connectivity index (χ0n) is 16.8. The fraction of sp³-hybridized carbons (Fsp3) is 0.190. The fourth-order valence-corrected chi connectivity index (χ4v) is 2.63. The molecule has 30 heavy (non-hydrogen) atoms. The molecule has 0 bridgehead atoms. The Morgan fingerprint density at radius 1 is 1.10 bits per heavy atom. The zero-order chi connectivity index (χ0) is 22.3. The number of amides is 2. The van der Waals surface area contributed by atoms with Crippen molar-refractivity contribution in [1.82, 2.24) is 10.6 Å². The van der Waals surface area contributed by atoms with Crippen molar-refractivity contribution >= 4 is 46.6 Å². The summed E-state index contributed by atoms with van der Waals surface area (Å²) in [4.78, 5) is 34.9. The number of carbonyl (C=O) groups is 2. The van der Waals surface area contributed by atoms with Crippen LogP contribution in [0.2, 0.25) is 0 Å². The number of carbonyl (C=O) groups excluding carboxylic acids is 2. The first-order chi connectivity index (χ1) is 14.0. The molecule has 8 nitrogen and oxygen atoms in total. The Labute approximate surface area is 179 Å². The summed E-state index contributed by atoms with van der Waals surface area (Å²) < 4.78 is 0. The van der Waals surface area contributed by atoms with Crippen molar-refractivity contribution in [1.29, 1.82) is 0 Å². The van der Waals surface area contributed by atoms with Crippen LogP contribution in [-0.4, -0.2) is 27.4 Å². The Morgan fingerprint density at radius 2 is 1.80 bits per heavy atom. The van der Waals surface area contributed by atoms with E-state index in [4.69, 9.17) is 12.2 Å². The zero-order valence-corrected chi connectivity index (χ0v) is 17.6. The van der Waals surface area contributed by atoms with E-state index >= 15 is 0 Å². The maximum atomic E-state index is 12.5. The van der Waals surface area contributed by atoms with E-state index in [1.54, 1.807) is 30.3 Å². The highest BCUT2D eigenvalue weighted by Gasteiger charge is 2.18. The van der Waals surface area contributed by atoms with E-state index in [0.717, 1.165) is 0 Å². The highest BCUT2D eigenvalue weighted by Crippen LogP contribution is 2.16. The molecule has 0 aliphatic carbocycles. The molecule has 0 atom stereocenters. The second kappa shape index (κ2) is 9.75. The minimum Gasteiger partial charge on any atom is -0.347 e. The number of anilines is 1. The molecule has 2 aromatic carbocycles. The number of nitrogens with zero attached hydrogens (tertiary/aromatic N) is 1. The molecule has 0 aromatic heterocycles. The first-order valence-electron chi connectivity index (χ1n) is 9.01. The molecule has 0 radical (unpaired) electrons. The van der Waals surface area contributed by atoms with Crippen LogP contribution in [0.5, 0.6) is 0 Å². The highest BCUT2D eigenvalue weighted by atomic mass is 32.1. The Balaban J connectivity index is 2.02. The number of hydrogen-bond donors (Lipinski definition) is 3. The van der Waals surface area contributed by atoms with Gasteiger partial charge in [-0.15, -0.1) is 0 Å². The van der Waals surface area contributed by atoms with Crippen LogP contribution < -0.4 is 16.0 Å². The largest absolute Gasteiger partial charge is 0.347 e. The van der Waals surface area contributed by atoms with Gasteiger partial charge < -0.3 is 10.6 Å². The summed E-state index contributed by atoms with van der Waals surface area (Å²) in [6.45, 7) is 5.62. The average molecular weight is 426 g/mol. The third-order valence-electron chi connectivity index (χ3n) is 3.65. The molecule has 0 aliphatic rings. The van der Waals surface area contributed by atoms with Crippen LogP contribution in [0.1, 0.15) is 36.7 Å². The topological polar surface area (TPSA) is 113 Å². The summed E-state index contributed by atoms with van der Waals surface area (Å²) in [5.41, 5.74) is 0.863. The van der Waals surface area contributed by atoms with Gasteiger partial charge in [0, 0.05) is 23.7 Å². The van der Waals surface area contributed by atoms with E-state index in [9.17, 15) is 19.7 Å². The van der Waals surface area contributed by atoms with E-state index in [1.165, 1.54) is 30.4 Å². The smallest absolute Gasteiger partial charge is 0.270 e. The summed E-state index contributed by atoms with van der Waals surface area (Å²) in [5.74, 6) is -0.791. The van der Waals surface area contributed by atoms with Crippen molar-refractivity contribution in [2.45, 2.75) is 26.3 Å². The molecular weight excluding hydrogens is 404 g/mol. The molecule has 9 heteroatoms. The van der Waals surface area contributed by atoms with Gasteiger partial charge in [0.25, 0.3) is 11.6 Å².